The van der Waals surface area contributed by atoms with Crippen molar-refractivity contribution in [1.29, 1.82) is 0 Å². The second-order valence-corrected chi connectivity index (χ2v) is 5.11. The van der Waals surface area contributed by atoms with Gasteiger partial charge >= 0.3 is 0 Å². The molecule has 1 fully saturated rings. The zero-order valence-corrected chi connectivity index (χ0v) is 10.5. The summed E-state index contributed by atoms with van der Waals surface area (Å²) in [7, 11) is 0. The molecule has 0 saturated heterocycles. The van der Waals surface area contributed by atoms with E-state index in [9.17, 15) is 0 Å². The van der Waals surface area contributed by atoms with Crippen LogP contribution in [0.1, 0.15) is 63.0 Å². The second-order valence-electron chi connectivity index (χ2n) is 5.11. The third kappa shape index (κ3) is 1.89. The first-order chi connectivity index (χ1) is 7.71. The van der Waals surface area contributed by atoms with E-state index in [0.717, 1.165) is 12.8 Å². The van der Waals surface area contributed by atoms with Gasteiger partial charge in [-0.05, 0) is 49.1 Å². The molecule has 0 unspecified atom stereocenters. The third-order valence-electron chi connectivity index (χ3n) is 4.17. The Balaban J connectivity index is 2.37. The van der Waals surface area contributed by atoms with Crippen molar-refractivity contribution in [3.63, 3.8) is 0 Å². The monoisotopic (exact) mass is 217 g/mol. The fourth-order valence-electron chi connectivity index (χ4n) is 2.86. The van der Waals surface area contributed by atoms with Crippen LogP contribution in [0.3, 0.4) is 0 Å². The molecule has 2 rings (SSSR count). The van der Waals surface area contributed by atoms with Gasteiger partial charge in [-0.3, -0.25) is 0 Å². The van der Waals surface area contributed by atoms with Crippen molar-refractivity contribution in [2.24, 2.45) is 5.73 Å². The maximum Gasteiger partial charge on any atom is 0.0412 e. The molecule has 0 radical (unpaired) electrons. The Kier molecular flexibility index (Phi) is 3.34. The largest absolute Gasteiger partial charge is 0.321 e. The van der Waals surface area contributed by atoms with E-state index in [0.29, 0.717) is 5.92 Å². The van der Waals surface area contributed by atoms with Crippen molar-refractivity contribution >= 4 is 0 Å². The standard InChI is InChI=1S/C15H23N/c1-3-12(4-2)13-8-5-6-9-14(13)15(16)10-7-11-15/h5-6,8-9,12H,3-4,7,10-11,16H2,1-2H3. The van der Waals surface area contributed by atoms with Gasteiger partial charge in [-0.2, -0.15) is 0 Å². The van der Waals surface area contributed by atoms with E-state index in [2.05, 4.69) is 38.1 Å². The van der Waals surface area contributed by atoms with Crippen LogP contribution in [0.2, 0.25) is 0 Å². The highest BCUT2D eigenvalue weighted by atomic mass is 14.8. The smallest absolute Gasteiger partial charge is 0.0412 e. The molecule has 1 aliphatic carbocycles. The van der Waals surface area contributed by atoms with Crippen molar-refractivity contribution in [3.05, 3.63) is 35.4 Å². The van der Waals surface area contributed by atoms with E-state index in [-0.39, 0.29) is 5.54 Å². The van der Waals surface area contributed by atoms with Gasteiger partial charge in [-0.15, -0.1) is 0 Å². The molecule has 0 aliphatic heterocycles. The summed E-state index contributed by atoms with van der Waals surface area (Å²) < 4.78 is 0. The van der Waals surface area contributed by atoms with E-state index in [4.69, 9.17) is 5.73 Å². The van der Waals surface area contributed by atoms with Gasteiger partial charge in [0.25, 0.3) is 0 Å². The lowest BCUT2D eigenvalue weighted by molar-refractivity contribution is 0.250. The van der Waals surface area contributed by atoms with Crippen LogP contribution in [0, 0.1) is 0 Å². The molecule has 0 atom stereocenters. The molecule has 0 aromatic heterocycles. The highest BCUT2D eigenvalue weighted by Crippen LogP contribution is 2.42. The Morgan fingerprint density at radius 1 is 1.19 bits per heavy atom. The molecule has 1 aliphatic rings. The second kappa shape index (κ2) is 4.58. The average molecular weight is 217 g/mol. The van der Waals surface area contributed by atoms with E-state index in [1.54, 1.807) is 0 Å². The van der Waals surface area contributed by atoms with Gasteiger partial charge in [0, 0.05) is 5.54 Å². The summed E-state index contributed by atoms with van der Waals surface area (Å²) >= 11 is 0. The van der Waals surface area contributed by atoms with Gasteiger partial charge < -0.3 is 5.73 Å². The van der Waals surface area contributed by atoms with Gasteiger partial charge in [-0.1, -0.05) is 38.1 Å². The van der Waals surface area contributed by atoms with Crippen LogP contribution < -0.4 is 5.73 Å². The maximum atomic E-state index is 6.47. The predicted octanol–water partition coefficient (Wildman–Crippen LogP) is 3.93. The zero-order valence-electron chi connectivity index (χ0n) is 10.5. The summed E-state index contributed by atoms with van der Waals surface area (Å²) in [5.74, 6) is 0.678. The van der Waals surface area contributed by atoms with Crippen LogP contribution in [0.4, 0.5) is 0 Å². The van der Waals surface area contributed by atoms with E-state index in [1.807, 2.05) is 0 Å². The van der Waals surface area contributed by atoms with Crippen LogP contribution in [0.15, 0.2) is 24.3 Å². The highest BCUT2D eigenvalue weighted by Gasteiger charge is 2.36. The molecule has 0 bridgehead atoms. The Morgan fingerprint density at radius 2 is 1.81 bits per heavy atom. The quantitative estimate of drug-likeness (QED) is 0.812. The molecular formula is C15H23N. The fraction of sp³-hybridized carbons (Fsp3) is 0.600. The minimum atomic E-state index is -0.0147. The van der Waals surface area contributed by atoms with Crippen LogP contribution in [-0.4, -0.2) is 0 Å². The van der Waals surface area contributed by atoms with Gasteiger partial charge in [0.05, 0.1) is 0 Å². The number of hydrogen-bond donors (Lipinski definition) is 1. The van der Waals surface area contributed by atoms with Crippen molar-refractivity contribution in [2.75, 3.05) is 0 Å². The molecule has 0 amide bonds. The topological polar surface area (TPSA) is 26.0 Å². The minimum Gasteiger partial charge on any atom is -0.321 e. The summed E-state index contributed by atoms with van der Waals surface area (Å²) in [5, 5.41) is 0. The van der Waals surface area contributed by atoms with E-state index >= 15 is 0 Å². The Morgan fingerprint density at radius 3 is 2.31 bits per heavy atom. The maximum absolute atomic E-state index is 6.47. The average Bonchev–Trinajstić information content (AvgIpc) is 2.28. The molecule has 1 aromatic carbocycles. The lowest BCUT2D eigenvalue weighted by Crippen LogP contribution is -2.44. The van der Waals surface area contributed by atoms with Gasteiger partial charge in [0.15, 0.2) is 0 Å². The lowest BCUT2D eigenvalue weighted by atomic mass is 9.69. The van der Waals surface area contributed by atoms with Crippen molar-refractivity contribution in [1.82, 2.24) is 0 Å². The molecule has 1 nitrogen and oxygen atoms in total. The molecule has 1 saturated carbocycles. The van der Waals surface area contributed by atoms with Crippen LogP contribution in [0.5, 0.6) is 0 Å². The van der Waals surface area contributed by atoms with Gasteiger partial charge in [0.2, 0.25) is 0 Å². The number of nitrogens with two attached hydrogens (primary N) is 1. The number of hydrogen-bond acceptors (Lipinski definition) is 1. The molecule has 0 heterocycles. The first kappa shape index (κ1) is 11.7. The molecule has 1 heteroatoms. The summed E-state index contributed by atoms with van der Waals surface area (Å²) in [5.41, 5.74) is 9.36. The zero-order chi connectivity index (χ0) is 11.6. The molecule has 1 aromatic rings. The van der Waals surface area contributed by atoms with Crippen LogP contribution in [-0.2, 0) is 5.54 Å². The first-order valence-corrected chi connectivity index (χ1v) is 6.59. The molecule has 88 valence electrons. The highest BCUT2D eigenvalue weighted by molar-refractivity contribution is 5.37. The normalized spacial score (nSPS) is 18.5. The minimum absolute atomic E-state index is 0.0147. The van der Waals surface area contributed by atoms with Crippen LogP contribution in [0.25, 0.3) is 0 Å². The van der Waals surface area contributed by atoms with Crippen molar-refractivity contribution in [3.8, 4) is 0 Å². The summed E-state index contributed by atoms with van der Waals surface area (Å²) in [6, 6.07) is 8.81. The van der Waals surface area contributed by atoms with Crippen molar-refractivity contribution in [2.45, 2.75) is 57.4 Å². The predicted molar refractivity (Wildman–Crippen MR) is 69.5 cm³/mol. The number of benzene rings is 1. The van der Waals surface area contributed by atoms with E-state index in [1.165, 1.54) is 30.4 Å². The van der Waals surface area contributed by atoms with Crippen LogP contribution >= 0.6 is 0 Å². The Hall–Kier alpha value is -0.820. The summed E-state index contributed by atoms with van der Waals surface area (Å²) in [6.45, 7) is 4.55. The van der Waals surface area contributed by atoms with Crippen molar-refractivity contribution < 1.29 is 0 Å². The Labute approximate surface area is 99.0 Å². The van der Waals surface area contributed by atoms with Gasteiger partial charge in [-0.25, -0.2) is 0 Å². The molecular weight excluding hydrogens is 194 g/mol. The SMILES string of the molecule is CCC(CC)c1ccccc1C1(N)CCC1. The molecule has 16 heavy (non-hydrogen) atoms. The Bertz CT molecular complexity index is 348. The lowest BCUT2D eigenvalue weighted by Gasteiger charge is -2.41. The summed E-state index contributed by atoms with van der Waals surface area (Å²) in [4.78, 5) is 0. The molecule has 0 spiro atoms. The third-order valence-corrected chi connectivity index (χ3v) is 4.17. The van der Waals surface area contributed by atoms with Gasteiger partial charge in [0.1, 0.15) is 0 Å². The molecule has 2 N–H and O–H groups in total. The first-order valence-electron chi connectivity index (χ1n) is 6.59. The van der Waals surface area contributed by atoms with E-state index < -0.39 is 0 Å². The number of rotatable bonds is 4. The summed E-state index contributed by atoms with van der Waals surface area (Å²) in [6.07, 6.45) is 6.02. The fourth-order valence-corrected chi connectivity index (χ4v) is 2.86.